The lowest BCUT2D eigenvalue weighted by Gasteiger charge is -2.30. The van der Waals surface area contributed by atoms with Gasteiger partial charge in [0.25, 0.3) is 0 Å². The predicted octanol–water partition coefficient (Wildman–Crippen LogP) is 3.73. The van der Waals surface area contributed by atoms with Gasteiger partial charge in [-0.2, -0.15) is 13.2 Å². The molecule has 0 aliphatic carbocycles. The molecule has 0 saturated heterocycles. The van der Waals surface area contributed by atoms with Crippen LogP contribution in [0.4, 0.5) is 13.2 Å². The molecule has 0 amide bonds. The first-order chi connectivity index (χ1) is 10.4. The van der Waals surface area contributed by atoms with Gasteiger partial charge in [-0.3, -0.25) is 4.79 Å². The van der Waals surface area contributed by atoms with Crippen molar-refractivity contribution >= 4 is 17.0 Å². The number of rotatable bonds is 9. The van der Waals surface area contributed by atoms with Gasteiger partial charge < -0.3 is 4.74 Å². The van der Waals surface area contributed by atoms with Crippen molar-refractivity contribution in [1.82, 2.24) is 4.72 Å². The van der Waals surface area contributed by atoms with E-state index in [2.05, 4.69) is 4.72 Å². The molecule has 4 nitrogen and oxygen atoms in total. The molecule has 0 aliphatic rings. The van der Waals surface area contributed by atoms with Gasteiger partial charge in [0.05, 0.1) is 28.3 Å². The van der Waals surface area contributed by atoms with E-state index in [4.69, 9.17) is 4.74 Å². The third kappa shape index (κ3) is 8.15. The molecule has 0 radical (unpaired) electrons. The summed E-state index contributed by atoms with van der Waals surface area (Å²) in [5, 5.41) is 0. The van der Waals surface area contributed by atoms with E-state index in [1.165, 1.54) is 0 Å². The summed E-state index contributed by atoms with van der Waals surface area (Å²) in [6.07, 6.45) is -2.61. The molecule has 23 heavy (non-hydrogen) atoms. The van der Waals surface area contributed by atoms with E-state index in [-0.39, 0.29) is 13.0 Å². The molecule has 1 N–H and O–H groups in total. The minimum atomic E-state index is -4.69. The zero-order valence-electron chi connectivity index (χ0n) is 14.5. The monoisotopic (exact) mass is 359 g/mol. The Bertz CT molecular complexity index is 394. The molecule has 0 rings (SSSR count). The van der Waals surface area contributed by atoms with Crippen LogP contribution in [0.1, 0.15) is 60.3 Å². The van der Waals surface area contributed by atoms with Gasteiger partial charge in [0.1, 0.15) is 6.04 Å². The topological polar surface area (TPSA) is 55.4 Å². The summed E-state index contributed by atoms with van der Waals surface area (Å²) in [4.78, 5) is 12.0. The van der Waals surface area contributed by atoms with Gasteiger partial charge in [-0.05, 0) is 34.1 Å². The van der Waals surface area contributed by atoms with Crippen LogP contribution in [0.25, 0.3) is 0 Å². The maximum Gasteiger partial charge on any atom is 0.405 e. The standard InChI is InChI=1S/C15H28F3NO3S/c1-6-8-9-10-11(13(20)22-7-2)12(15(16,17)18)19-23(21)14(3,4)5/h11-12,19H,6-10H2,1-5H3/t11-,12-,23-/m1/s1. The summed E-state index contributed by atoms with van der Waals surface area (Å²) in [7, 11) is -1.94. The first kappa shape index (κ1) is 22.4. The van der Waals surface area contributed by atoms with Crippen molar-refractivity contribution in [3.63, 3.8) is 0 Å². The highest BCUT2D eigenvalue weighted by molar-refractivity contribution is 7.84. The molecule has 0 unspecified atom stereocenters. The quantitative estimate of drug-likeness (QED) is 0.504. The first-order valence-electron chi connectivity index (χ1n) is 7.86. The molecule has 0 saturated carbocycles. The zero-order valence-corrected chi connectivity index (χ0v) is 15.3. The fourth-order valence-electron chi connectivity index (χ4n) is 1.95. The number of unbranched alkanes of at least 4 members (excludes halogenated alkanes) is 2. The van der Waals surface area contributed by atoms with Crippen LogP contribution in [0.15, 0.2) is 0 Å². The lowest BCUT2D eigenvalue weighted by atomic mass is 9.93. The van der Waals surface area contributed by atoms with E-state index in [1.54, 1.807) is 27.7 Å². The highest BCUT2D eigenvalue weighted by Gasteiger charge is 2.49. The van der Waals surface area contributed by atoms with Crippen molar-refractivity contribution in [3.8, 4) is 0 Å². The van der Waals surface area contributed by atoms with Crippen LogP contribution in [0.2, 0.25) is 0 Å². The van der Waals surface area contributed by atoms with Crippen LogP contribution in [0, 0.1) is 5.92 Å². The number of alkyl halides is 3. The molecule has 0 bridgehead atoms. The maximum atomic E-state index is 13.4. The lowest BCUT2D eigenvalue weighted by molar-refractivity contribution is -0.179. The van der Waals surface area contributed by atoms with Crippen molar-refractivity contribution in [3.05, 3.63) is 0 Å². The number of esters is 1. The normalized spacial score (nSPS) is 16.7. The Hall–Kier alpha value is -0.630. The van der Waals surface area contributed by atoms with Crippen LogP contribution >= 0.6 is 0 Å². The Labute approximate surface area is 139 Å². The van der Waals surface area contributed by atoms with E-state index in [1.807, 2.05) is 6.92 Å². The molecule has 0 heterocycles. The Balaban J connectivity index is 5.37. The Kier molecular flexibility index (Phi) is 9.35. The van der Waals surface area contributed by atoms with Crippen molar-refractivity contribution in [2.75, 3.05) is 6.61 Å². The van der Waals surface area contributed by atoms with E-state index < -0.39 is 39.8 Å². The van der Waals surface area contributed by atoms with Crippen molar-refractivity contribution in [1.29, 1.82) is 0 Å². The summed E-state index contributed by atoms with van der Waals surface area (Å²) in [5.74, 6) is -2.29. The van der Waals surface area contributed by atoms with Crippen LogP contribution in [0.5, 0.6) is 0 Å². The molecule has 0 aliphatic heterocycles. The van der Waals surface area contributed by atoms with Crippen LogP contribution in [-0.2, 0) is 20.5 Å². The van der Waals surface area contributed by atoms with Crippen LogP contribution in [-0.4, -0.2) is 33.8 Å². The summed E-state index contributed by atoms with van der Waals surface area (Å²) < 4.78 is 58.4. The molecule has 8 heteroatoms. The minimum Gasteiger partial charge on any atom is -0.466 e. The number of hydrogen-bond donors (Lipinski definition) is 1. The second-order valence-corrected chi connectivity index (χ2v) is 8.37. The van der Waals surface area contributed by atoms with Crippen LogP contribution < -0.4 is 4.72 Å². The molecule has 138 valence electrons. The fraction of sp³-hybridized carbons (Fsp3) is 0.933. The van der Waals surface area contributed by atoms with Crippen molar-refractivity contribution < 1.29 is 26.9 Å². The largest absolute Gasteiger partial charge is 0.466 e. The molecule has 0 spiro atoms. The van der Waals surface area contributed by atoms with Gasteiger partial charge in [0.2, 0.25) is 0 Å². The molecule has 0 fully saturated rings. The summed E-state index contributed by atoms with van der Waals surface area (Å²) in [6.45, 7) is 8.19. The highest BCUT2D eigenvalue weighted by atomic mass is 32.2. The minimum absolute atomic E-state index is 0.00997. The summed E-state index contributed by atoms with van der Waals surface area (Å²) >= 11 is 0. The van der Waals surface area contributed by atoms with Crippen molar-refractivity contribution in [2.45, 2.75) is 77.3 Å². The average molecular weight is 359 g/mol. The summed E-state index contributed by atoms with van der Waals surface area (Å²) in [6, 6.07) is -2.18. The predicted molar refractivity (Wildman–Crippen MR) is 85.1 cm³/mol. The highest BCUT2D eigenvalue weighted by Crippen LogP contribution is 2.31. The number of carbonyl (C=O) groups is 1. The maximum absolute atomic E-state index is 13.4. The second-order valence-electron chi connectivity index (χ2n) is 6.37. The molecule has 0 aromatic carbocycles. The first-order valence-corrected chi connectivity index (χ1v) is 9.01. The molecule has 0 aromatic heterocycles. The van der Waals surface area contributed by atoms with Gasteiger partial charge in [0.15, 0.2) is 0 Å². The molecular formula is C15H28F3NO3S. The van der Waals surface area contributed by atoms with Gasteiger partial charge in [-0.25, -0.2) is 8.93 Å². The van der Waals surface area contributed by atoms with Crippen LogP contribution in [0.3, 0.4) is 0 Å². The summed E-state index contributed by atoms with van der Waals surface area (Å²) in [5.41, 5.74) is 0. The third-order valence-corrected chi connectivity index (χ3v) is 4.83. The van der Waals surface area contributed by atoms with Gasteiger partial charge in [0, 0.05) is 0 Å². The third-order valence-electron chi connectivity index (χ3n) is 3.25. The van der Waals surface area contributed by atoms with Gasteiger partial charge in [-0.15, -0.1) is 0 Å². The molecular weight excluding hydrogens is 331 g/mol. The number of halogens is 3. The average Bonchev–Trinajstić information content (AvgIpc) is 2.39. The smallest absolute Gasteiger partial charge is 0.405 e. The Morgan fingerprint density at radius 3 is 2.13 bits per heavy atom. The molecule has 0 aromatic rings. The molecule has 3 atom stereocenters. The van der Waals surface area contributed by atoms with Gasteiger partial charge in [-0.1, -0.05) is 26.2 Å². The van der Waals surface area contributed by atoms with E-state index in [9.17, 15) is 22.2 Å². The van der Waals surface area contributed by atoms with E-state index in [0.717, 1.165) is 12.8 Å². The Morgan fingerprint density at radius 1 is 1.17 bits per heavy atom. The number of hydrogen-bond acceptors (Lipinski definition) is 3. The van der Waals surface area contributed by atoms with E-state index >= 15 is 0 Å². The fourth-order valence-corrected chi connectivity index (χ4v) is 2.84. The lowest BCUT2D eigenvalue weighted by Crippen LogP contribution is -2.53. The van der Waals surface area contributed by atoms with Crippen molar-refractivity contribution in [2.24, 2.45) is 5.92 Å². The zero-order chi connectivity index (χ0) is 18.3. The van der Waals surface area contributed by atoms with E-state index in [0.29, 0.717) is 6.42 Å². The Morgan fingerprint density at radius 2 is 1.74 bits per heavy atom. The number of carbonyl (C=O) groups excluding carboxylic acids is 1. The van der Waals surface area contributed by atoms with Gasteiger partial charge >= 0.3 is 12.1 Å². The SMILES string of the molecule is CCCCC[C@@H](C(=O)OCC)[C@@H](N[S@](=O)C(C)(C)C)C(F)(F)F. The number of ether oxygens (including phenoxy) is 1. The number of nitrogens with one attached hydrogen (secondary N) is 1. The second kappa shape index (κ2) is 9.61.